The third kappa shape index (κ3) is 3.46. The standard InChI is InChI=1S/C21H32N2O5S/c1-4-28-13-10-9-11-7-5-6-8-12(11)14(13)17(24)22-15-18(25)23-16(20(26)27)21(2,3)29-19(15)23/h11-16,19H,4-10H2,1-3H3,(H,22,24)(H,26,27)/t11?,12?,13?,14?,15-,16+,19-/m1/s1. The minimum atomic E-state index is -0.989. The van der Waals surface area contributed by atoms with Gasteiger partial charge >= 0.3 is 5.97 Å². The van der Waals surface area contributed by atoms with Crippen LogP contribution in [0.15, 0.2) is 0 Å². The van der Waals surface area contributed by atoms with Crippen LogP contribution in [-0.4, -0.2) is 62.7 Å². The Bertz CT molecular complexity index is 699. The second-order valence-electron chi connectivity index (χ2n) is 9.39. The van der Waals surface area contributed by atoms with Crippen LogP contribution >= 0.6 is 11.8 Å². The van der Waals surface area contributed by atoms with E-state index in [0.717, 1.165) is 25.7 Å². The van der Waals surface area contributed by atoms with Crippen molar-refractivity contribution in [1.82, 2.24) is 10.2 Å². The van der Waals surface area contributed by atoms with Gasteiger partial charge in [-0.1, -0.05) is 19.3 Å². The van der Waals surface area contributed by atoms with E-state index in [1.54, 1.807) is 0 Å². The summed E-state index contributed by atoms with van der Waals surface area (Å²) in [6.07, 6.45) is 6.51. The minimum Gasteiger partial charge on any atom is -0.480 e. The number of rotatable bonds is 5. The highest BCUT2D eigenvalue weighted by atomic mass is 32.2. The number of aliphatic carboxylic acids is 1. The molecule has 2 N–H and O–H groups in total. The molecule has 2 aliphatic carbocycles. The molecule has 2 aliphatic heterocycles. The predicted molar refractivity (Wildman–Crippen MR) is 109 cm³/mol. The average molecular weight is 425 g/mol. The molecule has 4 fully saturated rings. The number of nitrogens with one attached hydrogen (secondary N) is 1. The highest BCUT2D eigenvalue weighted by Crippen LogP contribution is 2.51. The maximum absolute atomic E-state index is 13.4. The lowest BCUT2D eigenvalue weighted by atomic mass is 9.64. The molecule has 0 spiro atoms. The first-order valence-electron chi connectivity index (χ1n) is 10.9. The van der Waals surface area contributed by atoms with Crippen LogP contribution in [-0.2, 0) is 19.1 Å². The molecule has 4 rings (SSSR count). The fourth-order valence-electron chi connectivity index (χ4n) is 6.06. The fourth-order valence-corrected chi connectivity index (χ4v) is 7.69. The highest BCUT2D eigenvalue weighted by molar-refractivity contribution is 8.01. The van der Waals surface area contributed by atoms with Crippen molar-refractivity contribution in [3.05, 3.63) is 0 Å². The molecule has 7 nitrogen and oxygen atoms in total. The van der Waals surface area contributed by atoms with E-state index in [1.807, 2.05) is 20.8 Å². The van der Waals surface area contributed by atoms with Crippen LogP contribution in [0.25, 0.3) is 0 Å². The summed E-state index contributed by atoms with van der Waals surface area (Å²) in [7, 11) is 0. The van der Waals surface area contributed by atoms with Crippen LogP contribution in [0.4, 0.5) is 0 Å². The van der Waals surface area contributed by atoms with E-state index < -0.39 is 22.8 Å². The Labute approximate surface area is 176 Å². The number of β-lactam (4-membered cyclic amide) rings is 1. The van der Waals surface area contributed by atoms with Crippen molar-refractivity contribution in [3.63, 3.8) is 0 Å². The number of fused-ring (bicyclic) bond motifs is 2. The number of carbonyl (C=O) groups excluding carboxylic acids is 2. The van der Waals surface area contributed by atoms with Crippen molar-refractivity contribution in [2.24, 2.45) is 17.8 Å². The van der Waals surface area contributed by atoms with Gasteiger partial charge in [-0.05, 0) is 51.9 Å². The summed E-state index contributed by atoms with van der Waals surface area (Å²) < 4.78 is 5.37. The smallest absolute Gasteiger partial charge is 0.327 e. The first-order valence-corrected chi connectivity index (χ1v) is 11.8. The molecule has 2 heterocycles. The number of ether oxygens (including phenoxy) is 1. The molecule has 0 aromatic heterocycles. The predicted octanol–water partition coefficient (Wildman–Crippen LogP) is 2.24. The van der Waals surface area contributed by atoms with Crippen molar-refractivity contribution >= 4 is 29.5 Å². The second kappa shape index (κ2) is 7.76. The van der Waals surface area contributed by atoms with Gasteiger partial charge in [0.2, 0.25) is 11.8 Å². The Kier molecular flexibility index (Phi) is 5.61. The van der Waals surface area contributed by atoms with Crippen LogP contribution in [0, 0.1) is 17.8 Å². The van der Waals surface area contributed by atoms with Gasteiger partial charge < -0.3 is 20.1 Å². The molecular formula is C21H32N2O5S. The molecule has 7 atom stereocenters. The molecule has 4 unspecified atom stereocenters. The Morgan fingerprint density at radius 1 is 1.24 bits per heavy atom. The molecule has 162 valence electrons. The van der Waals surface area contributed by atoms with Crippen LogP contribution in [0.3, 0.4) is 0 Å². The molecule has 2 amide bonds. The third-order valence-corrected chi connectivity index (χ3v) is 8.88. The summed E-state index contributed by atoms with van der Waals surface area (Å²) in [4.78, 5) is 39.2. The summed E-state index contributed by atoms with van der Waals surface area (Å²) in [5.41, 5.74) is 0. The lowest BCUT2D eigenvalue weighted by molar-refractivity contribution is -0.162. The van der Waals surface area contributed by atoms with Crippen LogP contribution < -0.4 is 5.32 Å². The molecule has 0 bridgehead atoms. The third-order valence-electron chi connectivity index (χ3n) is 7.31. The van der Waals surface area contributed by atoms with Gasteiger partial charge in [-0.3, -0.25) is 9.59 Å². The number of amides is 2. The molecule has 8 heteroatoms. The van der Waals surface area contributed by atoms with E-state index in [4.69, 9.17) is 4.74 Å². The molecule has 4 aliphatic rings. The second-order valence-corrected chi connectivity index (χ2v) is 11.2. The zero-order valence-electron chi connectivity index (χ0n) is 17.4. The van der Waals surface area contributed by atoms with Gasteiger partial charge in [0.1, 0.15) is 17.5 Å². The fraction of sp³-hybridized carbons (Fsp3) is 0.857. The van der Waals surface area contributed by atoms with E-state index in [-0.39, 0.29) is 29.2 Å². The monoisotopic (exact) mass is 424 g/mol. The quantitative estimate of drug-likeness (QED) is 0.657. The molecule has 29 heavy (non-hydrogen) atoms. The topological polar surface area (TPSA) is 95.9 Å². The van der Waals surface area contributed by atoms with Gasteiger partial charge in [-0.15, -0.1) is 11.8 Å². The summed E-state index contributed by atoms with van der Waals surface area (Å²) in [5.74, 6) is -0.684. The normalized spacial score (nSPS) is 40.6. The zero-order valence-corrected chi connectivity index (χ0v) is 18.2. The van der Waals surface area contributed by atoms with Crippen molar-refractivity contribution in [2.75, 3.05) is 6.61 Å². The van der Waals surface area contributed by atoms with Gasteiger partial charge in [0.15, 0.2) is 0 Å². The maximum Gasteiger partial charge on any atom is 0.327 e. The van der Waals surface area contributed by atoms with Gasteiger partial charge in [-0.2, -0.15) is 0 Å². The van der Waals surface area contributed by atoms with Crippen molar-refractivity contribution < 1.29 is 24.2 Å². The van der Waals surface area contributed by atoms with Crippen molar-refractivity contribution in [2.45, 2.75) is 87.6 Å². The number of carbonyl (C=O) groups is 3. The SMILES string of the molecule is CCOC1CCC2CCCCC2C1C(=O)N[C@@H]1C(=O)N2[C@@H]1SC(C)(C)[C@@H]2C(=O)O. The summed E-state index contributed by atoms with van der Waals surface area (Å²) in [5, 5.41) is 12.3. The van der Waals surface area contributed by atoms with Crippen LogP contribution in [0.1, 0.15) is 59.3 Å². The number of thioether (sulfide) groups is 1. The van der Waals surface area contributed by atoms with E-state index >= 15 is 0 Å². The van der Waals surface area contributed by atoms with Gasteiger partial charge in [-0.25, -0.2) is 4.79 Å². The van der Waals surface area contributed by atoms with Crippen molar-refractivity contribution in [1.29, 1.82) is 0 Å². The lowest BCUT2D eigenvalue weighted by Gasteiger charge is -2.47. The zero-order chi connectivity index (χ0) is 20.9. The summed E-state index contributed by atoms with van der Waals surface area (Å²) in [6, 6.07) is -1.49. The molecule has 0 aromatic rings. The first kappa shape index (κ1) is 21.0. The Balaban J connectivity index is 1.49. The Hall–Kier alpha value is -1.28. The number of hydrogen-bond acceptors (Lipinski definition) is 5. The van der Waals surface area contributed by atoms with Gasteiger partial charge in [0, 0.05) is 11.4 Å². The van der Waals surface area contributed by atoms with E-state index in [1.165, 1.54) is 29.5 Å². The Morgan fingerprint density at radius 3 is 2.66 bits per heavy atom. The molecule has 2 saturated carbocycles. The van der Waals surface area contributed by atoms with Gasteiger partial charge in [0.05, 0.1) is 12.0 Å². The molecule has 0 aromatic carbocycles. The number of carboxylic acid groups (broad SMARTS) is 1. The van der Waals surface area contributed by atoms with E-state index in [9.17, 15) is 19.5 Å². The number of hydrogen-bond donors (Lipinski definition) is 2. The van der Waals surface area contributed by atoms with E-state index in [0.29, 0.717) is 18.4 Å². The van der Waals surface area contributed by atoms with E-state index in [2.05, 4.69) is 5.32 Å². The molecular weight excluding hydrogens is 392 g/mol. The summed E-state index contributed by atoms with van der Waals surface area (Å²) >= 11 is 1.47. The maximum atomic E-state index is 13.4. The Morgan fingerprint density at radius 2 is 1.97 bits per heavy atom. The molecule has 0 radical (unpaired) electrons. The minimum absolute atomic E-state index is 0.0877. The van der Waals surface area contributed by atoms with Crippen LogP contribution in [0.5, 0.6) is 0 Å². The summed E-state index contributed by atoms with van der Waals surface area (Å²) in [6.45, 7) is 6.23. The van der Waals surface area contributed by atoms with Gasteiger partial charge in [0.25, 0.3) is 0 Å². The largest absolute Gasteiger partial charge is 0.480 e. The molecule has 2 saturated heterocycles. The average Bonchev–Trinajstić information content (AvgIpc) is 2.94. The lowest BCUT2D eigenvalue weighted by Crippen LogP contribution is -2.71. The number of carboxylic acids is 1. The highest BCUT2D eigenvalue weighted by Gasteiger charge is 2.64. The van der Waals surface area contributed by atoms with Crippen LogP contribution in [0.2, 0.25) is 0 Å². The number of nitrogens with zero attached hydrogens (tertiary/aromatic N) is 1. The first-order chi connectivity index (χ1) is 13.8. The van der Waals surface area contributed by atoms with Crippen molar-refractivity contribution in [3.8, 4) is 0 Å².